The summed E-state index contributed by atoms with van der Waals surface area (Å²) in [6.45, 7) is 7.73. The molecule has 2 aromatic heterocycles. The average Bonchev–Trinajstić information content (AvgIpc) is 3.09. The topological polar surface area (TPSA) is 78.8 Å². The van der Waals surface area contributed by atoms with Crippen molar-refractivity contribution in [1.82, 2.24) is 19.8 Å². The Labute approximate surface area is 129 Å². The fraction of sp³-hybridized carbons (Fsp3) is 0.600. The van der Waals surface area contributed by atoms with E-state index in [0.717, 1.165) is 37.0 Å². The first-order chi connectivity index (χ1) is 10.6. The molecule has 0 aliphatic carbocycles. The molecule has 7 heteroatoms. The van der Waals surface area contributed by atoms with E-state index in [1.165, 1.54) is 0 Å². The standard InChI is InChI=1S/C15H22N4O3/c1-11-5-16-14(21-11)8-18-3-4-19(13(7-18)10-20)9-15-17-6-12(2)22-15/h5-6,13,20H,3-4,7-10H2,1-2H3. The summed E-state index contributed by atoms with van der Waals surface area (Å²) in [4.78, 5) is 12.9. The van der Waals surface area contributed by atoms with E-state index in [1.54, 1.807) is 12.4 Å². The number of rotatable bonds is 5. The van der Waals surface area contributed by atoms with Crippen LogP contribution in [0.1, 0.15) is 23.3 Å². The number of hydrogen-bond donors (Lipinski definition) is 1. The van der Waals surface area contributed by atoms with Crippen LogP contribution < -0.4 is 0 Å². The normalized spacial score (nSPS) is 20.6. The second-order valence-corrected chi connectivity index (χ2v) is 5.77. The molecule has 0 aromatic carbocycles. The van der Waals surface area contributed by atoms with Gasteiger partial charge in [0.25, 0.3) is 0 Å². The van der Waals surface area contributed by atoms with Crippen LogP contribution in [-0.4, -0.2) is 57.2 Å². The van der Waals surface area contributed by atoms with E-state index in [1.807, 2.05) is 13.8 Å². The molecule has 7 nitrogen and oxygen atoms in total. The second kappa shape index (κ2) is 6.60. The minimum absolute atomic E-state index is 0.0667. The maximum atomic E-state index is 9.67. The van der Waals surface area contributed by atoms with Crippen molar-refractivity contribution in [2.24, 2.45) is 0 Å². The average molecular weight is 306 g/mol. The van der Waals surface area contributed by atoms with Crippen LogP contribution in [0.2, 0.25) is 0 Å². The highest BCUT2D eigenvalue weighted by Crippen LogP contribution is 2.16. The van der Waals surface area contributed by atoms with Gasteiger partial charge in [-0.25, -0.2) is 9.97 Å². The van der Waals surface area contributed by atoms with Crippen molar-refractivity contribution in [2.45, 2.75) is 33.0 Å². The molecule has 1 N–H and O–H groups in total. The Kier molecular flexibility index (Phi) is 4.56. The molecule has 22 heavy (non-hydrogen) atoms. The number of aliphatic hydroxyl groups excluding tert-OH is 1. The first kappa shape index (κ1) is 15.2. The summed E-state index contributed by atoms with van der Waals surface area (Å²) in [7, 11) is 0. The highest BCUT2D eigenvalue weighted by Gasteiger charge is 2.28. The predicted octanol–water partition coefficient (Wildman–Crippen LogP) is 0.958. The maximum Gasteiger partial charge on any atom is 0.208 e. The summed E-state index contributed by atoms with van der Waals surface area (Å²) >= 11 is 0. The summed E-state index contributed by atoms with van der Waals surface area (Å²) in [5.74, 6) is 3.07. The molecule has 1 saturated heterocycles. The van der Waals surface area contributed by atoms with Crippen molar-refractivity contribution >= 4 is 0 Å². The molecule has 0 saturated carbocycles. The van der Waals surface area contributed by atoms with E-state index in [9.17, 15) is 5.11 Å². The third kappa shape index (κ3) is 3.55. The summed E-state index contributed by atoms with van der Waals surface area (Å²) in [5, 5.41) is 9.67. The SMILES string of the molecule is Cc1cnc(CN2CCN(Cc3ncc(C)o3)C(CO)C2)o1. The van der Waals surface area contributed by atoms with Gasteiger partial charge in [-0.3, -0.25) is 9.80 Å². The molecule has 2 aromatic rings. The number of hydrogen-bond acceptors (Lipinski definition) is 7. The zero-order chi connectivity index (χ0) is 15.5. The van der Waals surface area contributed by atoms with Crippen molar-refractivity contribution in [3.05, 3.63) is 35.7 Å². The lowest BCUT2D eigenvalue weighted by Gasteiger charge is -2.39. The van der Waals surface area contributed by atoms with Gasteiger partial charge in [-0.05, 0) is 13.8 Å². The third-order valence-electron chi connectivity index (χ3n) is 3.94. The highest BCUT2D eigenvalue weighted by molar-refractivity contribution is 4.94. The summed E-state index contributed by atoms with van der Waals surface area (Å²) < 4.78 is 11.1. The van der Waals surface area contributed by atoms with Gasteiger partial charge in [-0.15, -0.1) is 0 Å². The number of aromatic nitrogens is 2. The fourth-order valence-corrected chi connectivity index (χ4v) is 2.80. The number of aryl methyl sites for hydroxylation is 2. The van der Waals surface area contributed by atoms with Crippen molar-refractivity contribution in [3.63, 3.8) is 0 Å². The monoisotopic (exact) mass is 306 g/mol. The molecule has 0 radical (unpaired) electrons. The van der Waals surface area contributed by atoms with Crippen molar-refractivity contribution in [1.29, 1.82) is 0 Å². The number of piperazine rings is 1. The molecule has 1 fully saturated rings. The molecule has 120 valence electrons. The first-order valence-corrected chi connectivity index (χ1v) is 7.54. The number of aliphatic hydroxyl groups is 1. The third-order valence-corrected chi connectivity index (χ3v) is 3.94. The zero-order valence-electron chi connectivity index (χ0n) is 13.0. The molecule has 1 aliphatic rings. The Bertz CT molecular complexity index is 609. The van der Waals surface area contributed by atoms with Crippen LogP contribution in [0, 0.1) is 13.8 Å². The van der Waals surface area contributed by atoms with Crippen molar-refractivity contribution in [3.8, 4) is 0 Å². The van der Waals surface area contributed by atoms with Gasteiger partial charge < -0.3 is 13.9 Å². The van der Waals surface area contributed by atoms with Gasteiger partial charge in [0.2, 0.25) is 11.8 Å². The van der Waals surface area contributed by atoms with E-state index in [0.29, 0.717) is 19.0 Å². The fourth-order valence-electron chi connectivity index (χ4n) is 2.80. The lowest BCUT2D eigenvalue weighted by Crippen LogP contribution is -2.53. The lowest BCUT2D eigenvalue weighted by atomic mass is 10.1. The van der Waals surface area contributed by atoms with Gasteiger partial charge in [-0.2, -0.15) is 0 Å². The van der Waals surface area contributed by atoms with Crippen LogP contribution >= 0.6 is 0 Å². The van der Waals surface area contributed by atoms with Gasteiger partial charge in [0, 0.05) is 25.7 Å². The van der Waals surface area contributed by atoms with Gasteiger partial charge in [-0.1, -0.05) is 0 Å². The summed E-state index contributed by atoms with van der Waals surface area (Å²) in [5.41, 5.74) is 0. The summed E-state index contributed by atoms with van der Waals surface area (Å²) in [6, 6.07) is 0.0667. The number of oxazole rings is 2. The van der Waals surface area contributed by atoms with Gasteiger partial charge in [0.1, 0.15) is 11.5 Å². The highest BCUT2D eigenvalue weighted by atomic mass is 16.4. The van der Waals surface area contributed by atoms with Crippen LogP contribution in [0.4, 0.5) is 0 Å². The molecule has 1 atom stereocenters. The Morgan fingerprint density at radius 1 is 1.09 bits per heavy atom. The van der Waals surface area contributed by atoms with E-state index >= 15 is 0 Å². The van der Waals surface area contributed by atoms with Crippen LogP contribution in [0.5, 0.6) is 0 Å². The minimum atomic E-state index is 0.0667. The molecule has 3 rings (SSSR count). The number of nitrogens with zero attached hydrogens (tertiary/aromatic N) is 4. The Hall–Kier alpha value is -1.70. The molecule has 1 unspecified atom stereocenters. The maximum absolute atomic E-state index is 9.67. The van der Waals surface area contributed by atoms with E-state index in [2.05, 4.69) is 19.8 Å². The van der Waals surface area contributed by atoms with Gasteiger partial charge >= 0.3 is 0 Å². The quantitative estimate of drug-likeness (QED) is 0.881. The zero-order valence-corrected chi connectivity index (χ0v) is 13.0. The van der Waals surface area contributed by atoms with Gasteiger partial charge in [0.05, 0.1) is 32.1 Å². The predicted molar refractivity (Wildman–Crippen MR) is 79.0 cm³/mol. The molecule has 0 amide bonds. The molecule has 1 aliphatic heterocycles. The van der Waals surface area contributed by atoms with E-state index < -0.39 is 0 Å². The Morgan fingerprint density at radius 2 is 1.73 bits per heavy atom. The molecular formula is C15H22N4O3. The molecule has 3 heterocycles. The lowest BCUT2D eigenvalue weighted by molar-refractivity contribution is 0.0235. The van der Waals surface area contributed by atoms with Crippen LogP contribution in [0.25, 0.3) is 0 Å². The molecule has 0 spiro atoms. The Balaban J connectivity index is 1.58. The van der Waals surface area contributed by atoms with E-state index in [4.69, 9.17) is 8.83 Å². The van der Waals surface area contributed by atoms with Crippen molar-refractivity contribution < 1.29 is 13.9 Å². The van der Waals surface area contributed by atoms with Crippen LogP contribution in [0.15, 0.2) is 21.2 Å². The Morgan fingerprint density at radius 3 is 2.27 bits per heavy atom. The molecular weight excluding hydrogens is 284 g/mol. The second-order valence-electron chi connectivity index (χ2n) is 5.77. The first-order valence-electron chi connectivity index (χ1n) is 7.54. The molecule has 0 bridgehead atoms. The smallest absolute Gasteiger partial charge is 0.208 e. The van der Waals surface area contributed by atoms with E-state index in [-0.39, 0.29) is 12.6 Å². The van der Waals surface area contributed by atoms with Crippen LogP contribution in [0.3, 0.4) is 0 Å². The summed E-state index contributed by atoms with van der Waals surface area (Å²) in [6.07, 6.45) is 3.46. The largest absolute Gasteiger partial charge is 0.445 e. The minimum Gasteiger partial charge on any atom is -0.445 e. The van der Waals surface area contributed by atoms with Gasteiger partial charge in [0.15, 0.2) is 0 Å². The van der Waals surface area contributed by atoms with Crippen molar-refractivity contribution in [2.75, 3.05) is 26.2 Å². The van der Waals surface area contributed by atoms with Crippen LogP contribution in [-0.2, 0) is 13.1 Å².